The van der Waals surface area contributed by atoms with Crippen LogP contribution in [0.3, 0.4) is 0 Å². The zero-order chi connectivity index (χ0) is 14.6. The number of aromatic nitrogens is 2. The molecule has 0 bridgehead atoms. The first kappa shape index (κ1) is 14.5. The minimum Gasteiger partial charge on any atom is -0.507 e. The summed E-state index contributed by atoms with van der Waals surface area (Å²) in [4.78, 5) is 4.41. The quantitative estimate of drug-likeness (QED) is 0.874. The highest BCUT2D eigenvalue weighted by Gasteiger charge is 2.34. The number of benzene rings is 1. The van der Waals surface area contributed by atoms with Crippen molar-refractivity contribution in [3.63, 3.8) is 0 Å². The first-order valence-electron chi connectivity index (χ1n) is 6.93. The van der Waals surface area contributed by atoms with E-state index < -0.39 is 5.60 Å². The van der Waals surface area contributed by atoms with E-state index in [-0.39, 0.29) is 5.75 Å². The molecule has 0 radical (unpaired) electrons. The van der Waals surface area contributed by atoms with E-state index in [2.05, 4.69) is 10.1 Å². The Labute approximate surface area is 118 Å². The number of nitrogens with zero attached hydrogens (tertiary/aromatic N) is 2. The Bertz CT molecular complexity index is 562. The second-order valence-electron chi connectivity index (χ2n) is 4.57. The molecule has 0 saturated heterocycles. The Hall–Kier alpha value is -1.88. The third kappa shape index (κ3) is 2.54. The Morgan fingerprint density at radius 2 is 1.90 bits per heavy atom. The normalized spacial score (nSPS) is 11.8. The lowest BCUT2D eigenvalue weighted by atomic mass is 9.96. The van der Waals surface area contributed by atoms with Gasteiger partial charge in [0.2, 0.25) is 5.82 Å². The van der Waals surface area contributed by atoms with Crippen LogP contribution in [0.2, 0.25) is 0 Å². The summed E-state index contributed by atoms with van der Waals surface area (Å²) >= 11 is 0. The van der Waals surface area contributed by atoms with E-state index in [1.54, 1.807) is 18.2 Å². The molecule has 0 amide bonds. The van der Waals surface area contributed by atoms with E-state index in [1.807, 2.05) is 26.8 Å². The Balaban J connectivity index is 2.39. The van der Waals surface area contributed by atoms with Crippen molar-refractivity contribution >= 4 is 0 Å². The van der Waals surface area contributed by atoms with Crippen LogP contribution in [0.15, 0.2) is 28.8 Å². The number of phenols is 1. The molecule has 0 fully saturated rings. The van der Waals surface area contributed by atoms with Crippen molar-refractivity contribution in [2.75, 3.05) is 6.61 Å². The van der Waals surface area contributed by atoms with Gasteiger partial charge in [-0.2, -0.15) is 4.98 Å². The van der Waals surface area contributed by atoms with Gasteiger partial charge in [0.15, 0.2) is 0 Å². The van der Waals surface area contributed by atoms with Crippen molar-refractivity contribution in [2.45, 2.75) is 39.2 Å². The lowest BCUT2D eigenvalue weighted by molar-refractivity contribution is -0.0583. The standard InChI is InChI=1S/C15H20N2O3/c1-4-15(5-2,19-6-3)14-16-13(20-17-14)11-9-7-8-10-12(11)18/h7-10,18H,4-6H2,1-3H3. The largest absolute Gasteiger partial charge is 0.507 e. The maximum Gasteiger partial charge on any atom is 0.261 e. The third-order valence-electron chi connectivity index (χ3n) is 3.53. The predicted octanol–water partition coefficient (Wildman–Crippen LogP) is 3.49. The van der Waals surface area contributed by atoms with Crippen molar-refractivity contribution < 1.29 is 14.4 Å². The molecule has 108 valence electrons. The van der Waals surface area contributed by atoms with Crippen LogP contribution >= 0.6 is 0 Å². The van der Waals surface area contributed by atoms with Crippen molar-refractivity contribution in [3.8, 4) is 17.2 Å². The molecule has 0 saturated carbocycles. The Kier molecular flexibility index (Phi) is 4.39. The molecule has 0 aliphatic carbocycles. The van der Waals surface area contributed by atoms with Gasteiger partial charge in [0.05, 0.1) is 5.56 Å². The molecule has 2 rings (SSSR count). The molecule has 0 unspecified atom stereocenters. The molecular formula is C15H20N2O3. The summed E-state index contributed by atoms with van der Waals surface area (Å²) in [5.74, 6) is 0.962. The van der Waals surface area contributed by atoms with E-state index >= 15 is 0 Å². The number of aromatic hydroxyl groups is 1. The van der Waals surface area contributed by atoms with Gasteiger partial charge in [0.1, 0.15) is 11.4 Å². The van der Waals surface area contributed by atoms with Gasteiger partial charge in [0, 0.05) is 6.61 Å². The molecule has 0 aliphatic rings. The highest BCUT2D eigenvalue weighted by atomic mass is 16.5. The first-order valence-corrected chi connectivity index (χ1v) is 6.93. The van der Waals surface area contributed by atoms with Gasteiger partial charge in [-0.05, 0) is 31.9 Å². The Morgan fingerprint density at radius 3 is 2.50 bits per heavy atom. The van der Waals surface area contributed by atoms with Gasteiger partial charge in [-0.15, -0.1) is 0 Å². The molecule has 1 aromatic carbocycles. The molecule has 0 spiro atoms. The summed E-state index contributed by atoms with van der Waals surface area (Å²) in [5, 5.41) is 13.9. The SMILES string of the molecule is CCOC(CC)(CC)c1noc(-c2ccccc2O)n1. The van der Waals surface area contributed by atoms with Crippen LogP contribution in [0.5, 0.6) is 5.75 Å². The summed E-state index contributed by atoms with van der Waals surface area (Å²) in [6.07, 6.45) is 1.52. The molecule has 1 N–H and O–H groups in total. The lowest BCUT2D eigenvalue weighted by Crippen LogP contribution is -2.29. The predicted molar refractivity (Wildman–Crippen MR) is 75.3 cm³/mol. The van der Waals surface area contributed by atoms with E-state index in [4.69, 9.17) is 9.26 Å². The smallest absolute Gasteiger partial charge is 0.261 e. The zero-order valence-electron chi connectivity index (χ0n) is 12.1. The maximum atomic E-state index is 9.83. The molecule has 5 heteroatoms. The van der Waals surface area contributed by atoms with Gasteiger partial charge in [-0.1, -0.05) is 31.1 Å². The third-order valence-corrected chi connectivity index (χ3v) is 3.53. The van der Waals surface area contributed by atoms with Crippen molar-refractivity contribution in [1.82, 2.24) is 10.1 Å². The zero-order valence-corrected chi connectivity index (χ0v) is 12.1. The fourth-order valence-corrected chi connectivity index (χ4v) is 2.28. The summed E-state index contributed by atoms with van der Waals surface area (Å²) in [5.41, 5.74) is 0.00446. The van der Waals surface area contributed by atoms with Gasteiger partial charge in [-0.3, -0.25) is 0 Å². The highest BCUT2D eigenvalue weighted by Crippen LogP contribution is 2.34. The number of hydrogen-bond acceptors (Lipinski definition) is 5. The van der Waals surface area contributed by atoms with Crippen molar-refractivity contribution in [2.24, 2.45) is 0 Å². The Morgan fingerprint density at radius 1 is 1.20 bits per heavy atom. The molecule has 1 aromatic heterocycles. The summed E-state index contributed by atoms with van der Waals surface area (Å²) in [6, 6.07) is 6.90. The van der Waals surface area contributed by atoms with Crippen molar-refractivity contribution in [1.29, 1.82) is 0 Å². The van der Waals surface area contributed by atoms with E-state index in [0.29, 0.717) is 23.9 Å². The molecule has 20 heavy (non-hydrogen) atoms. The van der Waals surface area contributed by atoms with Crippen LogP contribution in [0, 0.1) is 0 Å². The average Bonchev–Trinajstić information content (AvgIpc) is 2.95. The minimum atomic E-state index is -0.527. The molecule has 0 atom stereocenters. The summed E-state index contributed by atoms with van der Waals surface area (Å²) in [6.45, 7) is 6.61. The fraction of sp³-hybridized carbons (Fsp3) is 0.467. The van der Waals surface area contributed by atoms with Crippen molar-refractivity contribution in [3.05, 3.63) is 30.1 Å². The van der Waals surface area contributed by atoms with Crippen LogP contribution in [-0.4, -0.2) is 21.9 Å². The molecule has 5 nitrogen and oxygen atoms in total. The van der Waals surface area contributed by atoms with Gasteiger partial charge >= 0.3 is 0 Å². The monoisotopic (exact) mass is 276 g/mol. The molecular weight excluding hydrogens is 256 g/mol. The number of hydrogen-bond donors (Lipinski definition) is 1. The van der Waals surface area contributed by atoms with Crippen LogP contribution in [0.25, 0.3) is 11.5 Å². The number of ether oxygens (including phenoxy) is 1. The van der Waals surface area contributed by atoms with E-state index in [9.17, 15) is 5.11 Å². The topological polar surface area (TPSA) is 68.4 Å². The minimum absolute atomic E-state index is 0.123. The fourth-order valence-electron chi connectivity index (χ4n) is 2.28. The first-order chi connectivity index (χ1) is 9.66. The van der Waals surface area contributed by atoms with Crippen LogP contribution < -0.4 is 0 Å². The van der Waals surface area contributed by atoms with Gasteiger partial charge < -0.3 is 14.4 Å². The van der Waals surface area contributed by atoms with Crippen LogP contribution in [-0.2, 0) is 10.3 Å². The lowest BCUT2D eigenvalue weighted by Gasteiger charge is -2.27. The van der Waals surface area contributed by atoms with Gasteiger partial charge in [0.25, 0.3) is 5.89 Å². The molecule has 2 aromatic rings. The summed E-state index contributed by atoms with van der Waals surface area (Å²) in [7, 11) is 0. The summed E-state index contributed by atoms with van der Waals surface area (Å²) < 4.78 is 11.1. The highest BCUT2D eigenvalue weighted by molar-refractivity contribution is 5.61. The number of phenolic OH excluding ortho intramolecular Hbond substituents is 1. The van der Waals surface area contributed by atoms with Gasteiger partial charge in [-0.25, -0.2) is 0 Å². The van der Waals surface area contributed by atoms with E-state index in [1.165, 1.54) is 0 Å². The van der Waals surface area contributed by atoms with E-state index in [0.717, 1.165) is 12.8 Å². The number of rotatable bonds is 6. The molecule has 1 heterocycles. The second kappa shape index (κ2) is 6.05. The maximum absolute atomic E-state index is 9.83. The average molecular weight is 276 g/mol. The number of para-hydroxylation sites is 1. The molecule has 0 aliphatic heterocycles. The van der Waals surface area contributed by atoms with Crippen LogP contribution in [0.4, 0.5) is 0 Å². The second-order valence-corrected chi connectivity index (χ2v) is 4.57. The van der Waals surface area contributed by atoms with Crippen LogP contribution in [0.1, 0.15) is 39.4 Å².